The Morgan fingerprint density at radius 2 is 2.29 bits per heavy atom. The van der Waals surface area contributed by atoms with Crippen molar-refractivity contribution in [2.24, 2.45) is 0 Å². The van der Waals surface area contributed by atoms with E-state index in [0.717, 1.165) is 16.9 Å². The molecule has 4 nitrogen and oxygen atoms in total. The van der Waals surface area contributed by atoms with Crippen LogP contribution in [-0.2, 0) is 21.6 Å². The molecule has 1 aromatic carbocycles. The maximum absolute atomic E-state index is 12.0. The van der Waals surface area contributed by atoms with Crippen LogP contribution in [0.4, 0.5) is 0 Å². The minimum absolute atomic E-state index is 0.0907. The number of amides is 1. The second-order valence-electron chi connectivity index (χ2n) is 4.51. The molecule has 0 radical (unpaired) electrons. The van der Waals surface area contributed by atoms with Crippen molar-refractivity contribution in [1.82, 2.24) is 5.06 Å². The summed E-state index contributed by atoms with van der Waals surface area (Å²) in [5.74, 6) is 0.702. The summed E-state index contributed by atoms with van der Waals surface area (Å²) >= 11 is 6.16. The van der Waals surface area contributed by atoms with Gasteiger partial charge in [-0.25, -0.2) is 5.06 Å². The Morgan fingerprint density at radius 1 is 1.53 bits per heavy atom. The summed E-state index contributed by atoms with van der Waals surface area (Å²) in [6, 6.07) is 3.62. The molecule has 0 unspecified atom stereocenters. The predicted molar refractivity (Wildman–Crippen MR) is 61.9 cm³/mol. The largest absolute Gasteiger partial charge is 0.490 e. The summed E-state index contributed by atoms with van der Waals surface area (Å²) < 4.78 is 5.63. The number of ether oxygens (including phenoxy) is 1. The van der Waals surface area contributed by atoms with Crippen LogP contribution in [0.15, 0.2) is 12.1 Å². The standard InChI is InChI=1S/C12H12ClNO3/c1-12-6-17-9-4-3-8(13)7(11(9)12)5-10(15)14(12)16-2/h3-4H,5-6H2,1-2H3/t12-/m0/s1. The molecule has 5 heteroatoms. The van der Waals surface area contributed by atoms with Crippen LogP contribution in [0, 0.1) is 0 Å². The van der Waals surface area contributed by atoms with E-state index >= 15 is 0 Å². The first-order chi connectivity index (χ1) is 8.08. The third-order valence-corrected chi connectivity index (χ3v) is 3.80. The molecular weight excluding hydrogens is 242 g/mol. The lowest BCUT2D eigenvalue weighted by atomic mass is 9.84. The molecule has 1 amide bonds. The van der Waals surface area contributed by atoms with Crippen LogP contribution >= 0.6 is 11.6 Å². The zero-order valence-corrected chi connectivity index (χ0v) is 10.4. The molecule has 0 saturated carbocycles. The van der Waals surface area contributed by atoms with Gasteiger partial charge in [0, 0.05) is 10.6 Å². The Labute approximate surface area is 104 Å². The number of rotatable bonds is 1. The number of benzene rings is 1. The molecule has 1 atom stereocenters. The van der Waals surface area contributed by atoms with Gasteiger partial charge in [-0.3, -0.25) is 9.63 Å². The molecule has 17 heavy (non-hydrogen) atoms. The van der Waals surface area contributed by atoms with Crippen molar-refractivity contribution in [1.29, 1.82) is 0 Å². The van der Waals surface area contributed by atoms with Crippen molar-refractivity contribution in [3.8, 4) is 5.75 Å². The zero-order chi connectivity index (χ0) is 12.2. The Hall–Kier alpha value is -1.26. The minimum Gasteiger partial charge on any atom is -0.490 e. The fourth-order valence-electron chi connectivity index (χ4n) is 2.74. The molecule has 2 aliphatic heterocycles. The van der Waals surface area contributed by atoms with Gasteiger partial charge in [-0.1, -0.05) is 11.6 Å². The first kappa shape index (κ1) is 10.9. The van der Waals surface area contributed by atoms with Crippen LogP contribution < -0.4 is 4.74 Å². The number of hydroxylamine groups is 2. The summed E-state index contributed by atoms with van der Waals surface area (Å²) in [6.07, 6.45) is 0.259. The molecular formula is C12H12ClNO3. The molecule has 0 aliphatic carbocycles. The van der Waals surface area contributed by atoms with E-state index in [9.17, 15) is 4.79 Å². The average molecular weight is 254 g/mol. The van der Waals surface area contributed by atoms with Crippen LogP contribution in [0.25, 0.3) is 0 Å². The highest BCUT2D eigenvalue weighted by Crippen LogP contribution is 2.48. The topological polar surface area (TPSA) is 38.8 Å². The number of carbonyl (C=O) groups excluding carboxylic acids is 1. The number of carbonyl (C=O) groups is 1. The van der Waals surface area contributed by atoms with E-state index in [2.05, 4.69) is 0 Å². The lowest BCUT2D eigenvalue weighted by Crippen LogP contribution is -2.52. The molecule has 0 spiro atoms. The van der Waals surface area contributed by atoms with Gasteiger partial charge in [-0.15, -0.1) is 0 Å². The molecule has 0 N–H and O–H groups in total. The van der Waals surface area contributed by atoms with Gasteiger partial charge in [-0.05, 0) is 24.6 Å². The van der Waals surface area contributed by atoms with Gasteiger partial charge < -0.3 is 4.74 Å². The van der Waals surface area contributed by atoms with Gasteiger partial charge in [0.15, 0.2) is 0 Å². The second-order valence-corrected chi connectivity index (χ2v) is 4.92. The first-order valence-corrected chi connectivity index (χ1v) is 5.77. The third kappa shape index (κ3) is 1.25. The van der Waals surface area contributed by atoms with E-state index in [0.29, 0.717) is 11.6 Å². The summed E-state index contributed by atoms with van der Waals surface area (Å²) in [7, 11) is 1.50. The van der Waals surface area contributed by atoms with Gasteiger partial charge in [0.05, 0.1) is 13.5 Å². The van der Waals surface area contributed by atoms with E-state index in [1.807, 2.05) is 13.0 Å². The molecule has 0 bridgehead atoms. The van der Waals surface area contributed by atoms with Gasteiger partial charge in [-0.2, -0.15) is 0 Å². The predicted octanol–water partition coefficient (Wildman–Crippen LogP) is 1.89. The van der Waals surface area contributed by atoms with Gasteiger partial charge in [0.2, 0.25) is 0 Å². The number of halogens is 1. The normalized spacial score (nSPS) is 25.8. The van der Waals surface area contributed by atoms with Crippen LogP contribution in [0.1, 0.15) is 18.1 Å². The molecule has 0 saturated heterocycles. The van der Waals surface area contributed by atoms with Gasteiger partial charge in [0.1, 0.15) is 17.9 Å². The summed E-state index contributed by atoms with van der Waals surface area (Å²) in [5.41, 5.74) is 1.27. The highest BCUT2D eigenvalue weighted by Gasteiger charge is 2.50. The highest BCUT2D eigenvalue weighted by atomic mass is 35.5. The van der Waals surface area contributed by atoms with Crippen LogP contribution in [0.2, 0.25) is 5.02 Å². The maximum atomic E-state index is 12.0. The summed E-state index contributed by atoms with van der Waals surface area (Å²) in [5, 5.41) is 2.01. The molecule has 0 fully saturated rings. The average Bonchev–Trinajstić information content (AvgIpc) is 2.62. The Morgan fingerprint density at radius 3 is 3.00 bits per heavy atom. The molecule has 1 aromatic rings. The van der Waals surface area contributed by atoms with Gasteiger partial charge >= 0.3 is 0 Å². The number of hydrogen-bond donors (Lipinski definition) is 0. The molecule has 2 aliphatic rings. The monoisotopic (exact) mass is 253 g/mol. The summed E-state index contributed by atoms with van der Waals surface area (Å²) in [4.78, 5) is 17.2. The highest BCUT2D eigenvalue weighted by molar-refractivity contribution is 6.31. The molecule has 2 heterocycles. The van der Waals surface area contributed by atoms with Crippen molar-refractivity contribution in [2.45, 2.75) is 18.9 Å². The zero-order valence-electron chi connectivity index (χ0n) is 9.62. The van der Waals surface area contributed by atoms with Crippen molar-refractivity contribution < 1.29 is 14.4 Å². The number of nitrogens with zero attached hydrogens (tertiary/aromatic N) is 1. The van der Waals surface area contributed by atoms with E-state index in [1.165, 1.54) is 12.2 Å². The van der Waals surface area contributed by atoms with Crippen LogP contribution in [0.5, 0.6) is 5.75 Å². The molecule has 90 valence electrons. The van der Waals surface area contributed by atoms with E-state index in [4.69, 9.17) is 21.2 Å². The Bertz CT molecular complexity index is 517. The smallest absolute Gasteiger partial charge is 0.251 e. The Balaban J connectivity index is 2.28. The van der Waals surface area contributed by atoms with Crippen molar-refractivity contribution in [3.05, 3.63) is 28.3 Å². The van der Waals surface area contributed by atoms with Gasteiger partial charge in [0.25, 0.3) is 5.91 Å². The van der Waals surface area contributed by atoms with Crippen LogP contribution in [0.3, 0.4) is 0 Å². The lowest BCUT2D eigenvalue weighted by molar-refractivity contribution is -0.212. The fraction of sp³-hybridized carbons (Fsp3) is 0.417. The lowest BCUT2D eigenvalue weighted by Gasteiger charge is -2.39. The second kappa shape index (κ2) is 3.37. The quantitative estimate of drug-likeness (QED) is 0.767. The Kier molecular flexibility index (Phi) is 2.15. The summed E-state index contributed by atoms with van der Waals surface area (Å²) in [6.45, 7) is 2.33. The first-order valence-electron chi connectivity index (χ1n) is 5.40. The van der Waals surface area contributed by atoms with Crippen molar-refractivity contribution in [3.63, 3.8) is 0 Å². The maximum Gasteiger partial charge on any atom is 0.251 e. The van der Waals surface area contributed by atoms with E-state index < -0.39 is 5.54 Å². The van der Waals surface area contributed by atoms with E-state index in [-0.39, 0.29) is 12.3 Å². The van der Waals surface area contributed by atoms with Crippen molar-refractivity contribution in [2.75, 3.05) is 13.7 Å². The van der Waals surface area contributed by atoms with Crippen LogP contribution in [-0.4, -0.2) is 24.7 Å². The number of hydrogen-bond acceptors (Lipinski definition) is 3. The van der Waals surface area contributed by atoms with Crippen molar-refractivity contribution >= 4 is 17.5 Å². The minimum atomic E-state index is -0.570. The third-order valence-electron chi connectivity index (χ3n) is 3.45. The SMILES string of the molecule is CON1C(=O)Cc2c(Cl)ccc3c2[C@]1(C)CO3. The van der Waals surface area contributed by atoms with E-state index in [1.54, 1.807) is 6.07 Å². The molecule has 0 aromatic heterocycles. The fourth-order valence-corrected chi connectivity index (χ4v) is 2.96. The molecule has 3 rings (SSSR count).